The zero-order valence-electron chi connectivity index (χ0n) is 12.5. The predicted molar refractivity (Wildman–Crippen MR) is 77.3 cm³/mol. The second kappa shape index (κ2) is 6.53. The molecule has 2 heterocycles. The fraction of sp³-hybridized carbons (Fsp3) is 0.800. The maximum atomic E-state index is 5.76. The minimum Gasteiger partial charge on any atom is -0.381 e. The topological polar surface area (TPSA) is 39.1 Å². The molecule has 0 bridgehead atoms. The Bertz CT molecular complexity index is 394. The van der Waals surface area contributed by atoms with Gasteiger partial charge in [0.2, 0.25) is 0 Å². The van der Waals surface area contributed by atoms with E-state index in [2.05, 4.69) is 37.4 Å². The summed E-state index contributed by atoms with van der Waals surface area (Å²) in [6, 6.07) is 2.25. The monoisotopic (exact) mass is 265 g/mol. The summed E-state index contributed by atoms with van der Waals surface area (Å²) >= 11 is 0. The van der Waals surface area contributed by atoms with Crippen LogP contribution in [0.1, 0.15) is 38.1 Å². The van der Waals surface area contributed by atoms with Crippen LogP contribution in [0.4, 0.5) is 0 Å². The molecular weight excluding hydrogens is 238 g/mol. The SMILES string of the molecule is CCNCC1(Cc2cc(CC)nn2C)CCCOC1. The number of aryl methyl sites for hydroxylation is 2. The van der Waals surface area contributed by atoms with Gasteiger partial charge in [-0.1, -0.05) is 13.8 Å². The molecule has 1 aliphatic rings. The van der Waals surface area contributed by atoms with E-state index in [0.29, 0.717) is 0 Å². The molecule has 1 aromatic heterocycles. The summed E-state index contributed by atoms with van der Waals surface area (Å²) in [5.41, 5.74) is 2.76. The third-order valence-corrected chi connectivity index (χ3v) is 4.10. The molecule has 19 heavy (non-hydrogen) atoms. The van der Waals surface area contributed by atoms with E-state index in [9.17, 15) is 0 Å². The van der Waals surface area contributed by atoms with E-state index in [1.54, 1.807) is 0 Å². The molecule has 0 radical (unpaired) electrons. The van der Waals surface area contributed by atoms with Crippen LogP contribution in [0, 0.1) is 5.41 Å². The quantitative estimate of drug-likeness (QED) is 0.854. The summed E-state index contributed by atoms with van der Waals surface area (Å²) in [6.07, 6.45) is 4.48. The normalized spacial score (nSPS) is 23.7. The molecule has 0 spiro atoms. The summed E-state index contributed by atoms with van der Waals surface area (Å²) in [5.74, 6) is 0. The van der Waals surface area contributed by atoms with Gasteiger partial charge in [-0.3, -0.25) is 4.68 Å². The maximum Gasteiger partial charge on any atom is 0.0624 e. The van der Waals surface area contributed by atoms with Gasteiger partial charge in [0.15, 0.2) is 0 Å². The molecule has 0 saturated carbocycles. The van der Waals surface area contributed by atoms with Gasteiger partial charge in [0.25, 0.3) is 0 Å². The van der Waals surface area contributed by atoms with Crippen molar-refractivity contribution < 1.29 is 4.74 Å². The zero-order valence-corrected chi connectivity index (χ0v) is 12.5. The molecule has 1 aliphatic heterocycles. The van der Waals surface area contributed by atoms with Crippen LogP contribution in [0.3, 0.4) is 0 Å². The van der Waals surface area contributed by atoms with E-state index >= 15 is 0 Å². The first kappa shape index (κ1) is 14.5. The molecule has 1 atom stereocenters. The van der Waals surface area contributed by atoms with Crippen LogP contribution < -0.4 is 5.32 Å². The third kappa shape index (κ3) is 3.57. The lowest BCUT2D eigenvalue weighted by atomic mass is 9.78. The van der Waals surface area contributed by atoms with E-state index in [0.717, 1.165) is 39.1 Å². The highest BCUT2D eigenvalue weighted by Crippen LogP contribution is 2.32. The Morgan fingerprint density at radius 1 is 1.47 bits per heavy atom. The van der Waals surface area contributed by atoms with Crippen molar-refractivity contribution in [1.29, 1.82) is 0 Å². The zero-order chi connectivity index (χ0) is 13.7. The Balaban J connectivity index is 2.11. The number of nitrogens with zero attached hydrogens (tertiary/aromatic N) is 2. The molecule has 2 rings (SSSR count). The number of ether oxygens (including phenoxy) is 1. The van der Waals surface area contributed by atoms with Gasteiger partial charge in [0.05, 0.1) is 12.3 Å². The lowest BCUT2D eigenvalue weighted by Crippen LogP contribution is -2.43. The van der Waals surface area contributed by atoms with Crippen LogP contribution in [0.5, 0.6) is 0 Å². The number of hydrogen-bond acceptors (Lipinski definition) is 3. The first-order valence-electron chi connectivity index (χ1n) is 7.49. The van der Waals surface area contributed by atoms with Crippen LogP contribution in [-0.4, -0.2) is 36.1 Å². The Labute approximate surface area is 116 Å². The highest BCUT2D eigenvalue weighted by molar-refractivity contribution is 5.13. The third-order valence-electron chi connectivity index (χ3n) is 4.10. The van der Waals surface area contributed by atoms with Crippen molar-refractivity contribution in [3.8, 4) is 0 Å². The van der Waals surface area contributed by atoms with Gasteiger partial charge in [-0.25, -0.2) is 0 Å². The molecule has 0 aliphatic carbocycles. The smallest absolute Gasteiger partial charge is 0.0624 e. The van der Waals surface area contributed by atoms with Crippen molar-refractivity contribution in [2.24, 2.45) is 12.5 Å². The van der Waals surface area contributed by atoms with E-state index in [-0.39, 0.29) is 5.41 Å². The van der Waals surface area contributed by atoms with E-state index in [1.807, 2.05) is 4.68 Å². The Morgan fingerprint density at radius 2 is 2.32 bits per heavy atom. The average Bonchev–Trinajstić information content (AvgIpc) is 2.78. The Hall–Kier alpha value is -0.870. The van der Waals surface area contributed by atoms with Gasteiger partial charge < -0.3 is 10.1 Å². The molecule has 4 heteroatoms. The van der Waals surface area contributed by atoms with E-state index in [1.165, 1.54) is 24.2 Å². The number of rotatable bonds is 6. The van der Waals surface area contributed by atoms with Crippen LogP contribution in [-0.2, 0) is 24.6 Å². The predicted octanol–water partition coefficient (Wildman–Crippen LogP) is 1.93. The summed E-state index contributed by atoms with van der Waals surface area (Å²) in [7, 11) is 2.05. The van der Waals surface area contributed by atoms with Gasteiger partial charge in [-0.05, 0) is 38.3 Å². The van der Waals surface area contributed by atoms with Crippen molar-refractivity contribution in [1.82, 2.24) is 15.1 Å². The van der Waals surface area contributed by atoms with Crippen LogP contribution in [0.2, 0.25) is 0 Å². The van der Waals surface area contributed by atoms with Crippen LogP contribution >= 0.6 is 0 Å². The maximum absolute atomic E-state index is 5.76. The molecular formula is C15H27N3O. The second-order valence-electron chi connectivity index (χ2n) is 5.72. The van der Waals surface area contributed by atoms with E-state index in [4.69, 9.17) is 4.74 Å². The molecule has 1 saturated heterocycles. The summed E-state index contributed by atoms with van der Waals surface area (Å²) in [4.78, 5) is 0. The van der Waals surface area contributed by atoms with Gasteiger partial charge in [0.1, 0.15) is 0 Å². The Morgan fingerprint density at radius 3 is 2.89 bits per heavy atom. The Kier molecular flexibility index (Phi) is 4.99. The first-order valence-corrected chi connectivity index (χ1v) is 7.49. The minimum absolute atomic E-state index is 0.243. The van der Waals surface area contributed by atoms with Gasteiger partial charge in [0, 0.05) is 31.3 Å². The van der Waals surface area contributed by atoms with Crippen molar-refractivity contribution in [2.45, 2.75) is 39.5 Å². The highest BCUT2D eigenvalue weighted by Gasteiger charge is 2.33. The molecule has 1 unspecified atom stereocenters. The largest absolute Gasteiger partial charge is 0.381 e. The van der Waals surface area contributed by atoms with Crippen LogP contribution in [0.15, 0.2) is 6.07 Å². The first-order chi connectivity index (χ1) is 9.19. The fourth-order valence-electron chi connectivity index (χ4n) is 2.94. The molecule has 0 amide bonds. The van der Waals surface area contributed by atoms with E-state index < -0.39 is 0 Å². The number of aromatic nitrogens is 2. The fourth-order valence-corrected chi connectivity index (χ4v) is 2.94. The summed E-state index contributed by atoms with van der Waals surface area (Å²) in [6.45, 7) is 8.16. The highest BCUT2D eigenvalue weighted by atomic mass is 16.5. The molecule has 1 aromatic rings. The number of nitrogens with one attached hydrogen (secondary N) is 1. The molecule has 4 nitrogen and oxygen atoms in total. The van der Waals surface area contributed by atoms with Gasteiger partial charge >= 0.3 is 0 Å². The molecule has 108 valence electrons. The molecule has 0 aromatic carbocycles. The average molecular weight is 265 g/mol. The van der Waals surface area contributed by atoms with Crippen molar-refractivity contribution in [3.63, 3.8) is 0 Å². The lowest BCUT2D eigenvalue weighted by Gasteiger charge is -2.37. The summed E-state index contributed by atoms with van der Waals surface area (Å²) in [5, 5.41) is 8.07. The minimum atomic E-state index is 0.243. The summed E-state index contributed by atoms with van der Waals surface area (Å²) < 4.78 is 7.80. The molecule has 1 fully saturated rings. The van der Waals surface area contributed by atoms with Crippen LogP contribution in [0.25, 0.3) is 0 Å². The van der Waals surface area contributed by atoms with Crippen molar-refractivity contribution in [2.75, 3.05) is 26.3 Å². The lowest BCUT2D eigenvalue weighted by molar-refractivity contribution is -0.00780. The molecule has 1 N–H and O–H groups in total. The number of hydrogen-bond donors (Lipinski definition) is 1. The van der Waals surface area contributed by atoms with Gasteiger partial charge in [-0.2, -0.15) is 5.10 Å². The second-order valence-corrected chi connectivity index (χ2v) is 5.72. The van der Waals surface area contributed by atoms with Crippen molar-refractivity contribution in [3.05, 3.63) is 17.5 Å². The standard InChI is InChI=1S/C15H27N3O/c1-4-13-9-14(18(3)17-13)10-15(11-16-5-2)7-6-8-19-12-15/h9,16H,4-8,10-12H2,1-3H3. The van der Waals surface area contributed by atoms with Gasteiger partial charge in [-0.15, -0.1) is 0 Å². The van der Waals surface area contributed by atoms with Crippen molar-refractivity contribution >= 4 is 0 Å².